The van der Waals surface area contributed by atoms with Gasteiger partial charge in [-0.05, 0) is 28.5 Å². The molecule has 0 aromatic heterocycles. The Balaban J connectivity index is 2.46. The van der Waals surface area contributed by atoms with E-state index in [0.29, 0.717) is 11.1 Å². The van der Waals surface area contributed by atoms with Gasteiger partial charge in [0.15, 0.2) is 0 Å². The van der Waals surface area contributed by atoms with Crippen molar-refractivity contribution in [1.29, 1.82) is 5.26 Å². The highest BCUT2D eigenvalue weighted by molar-refractivity contribution is 7.47. The molecule has 0 unspecified atom stereocenters. The van der Waals surface area contributed by atoms with Crippen LogP contribution in [0.2, 0.25) is 0 Å². The van der Waals surface area contributed by atoms with Gasteiger partial charge in [-0.3, -0.25) is 0 Å². The second kappa shape index (κ2) is 4.31. The van der Waals surface area contributed by atoms with Gasteiger partial charge in [-0.15, -0.1) is 0 Å². The second-order valence-electron chi connectivity index (χ2n) is 3.78. The topological polar surface area (TPSA) is 87.0 Å². The predicted octanol–water partition coefficient (Wildman–Crippen LogP) is 1.13. The molecule has 5 heteroatoms. The van der Waals surface area contributed by atoms with Crippen LogP contribution in [0.4, 0.5) is 0 Å². The first kappa shape index (κ1) is 11.8. The summed E-state index contributed by atoms with van der Waals surface area (Å²) in [6.45, 7) is 0. The molecule has 0 N–H and O–H groups in total. The Bertz CT molecular complexity index is 654. The third-order valence-electron chi connectivity index (χ3n) is 2.41. The molecule has 0 aliphatic carbocycles. The third-order valence-corrected chi connectivity index (χ3v) is 3.16. The van der Waals surface area contributed by atoms with Crippen molar-refractivity contribution in [2.75, 3.05) is 0 Å². The lowest BCUT2D eigenvalue weighted by Crippen LogP contribution is -2.15. The average molecular weight is 245 g/mol. The maximum atomic E-state index is 10.7. The zero-order chi connectivity index (χ0) is 12.5. The van der Waals surface area contributed by atoms with Crippen LogP contribution >= 0.6 is 7.60 Å². The first-order valence-electron chi connectivity index (χ1n) is 4.92. The van der Waals surface area contributed by atoms with E-state index in [1.807, 2.05) is 6.07 Å². The Morgan fingerprint density at radius 1 is 1.12 bits per heavy atom. The molecule has 0 aliphatic heterocycles. The van der Waals surface area contributed by atoms with Crippen molar-refractivity contribution in [2.24, 2.45) is 0 Å². The predicted molar refractivity (Wildman–Crippen MR) is 60.0 cm³/mol. The van der Waals surface area contributed by atoms with Gasteiger partial charge in [0.1, 0.15) is 0 Å². The number of nitriles is 1. The molecule has 0 heterocycles. The van der Waals surface area contributed by atoms with Crippen LogP contribution in [-0.2, 0) is 10.7 Å². The van der Waals surface area contributed by atoms with Crippen LogP contribution in [0.25, 0.3) is 10.8 Å². The Kier molecular flexibility index (Phi) is 2.99. The number of hydrogen-bond donors (Lipinski definition) is 0. The standard InChI is InChI=1S/C12H10NO3P/c13-7-9-1-3-12-6-10(8-17(14,15)16)2-4-11(12)5-9/h1-6H,8H2,(H2,14,15,16)/p-2. The van der Waals surface area contributed by atoms with Gasteiger partial charge in [0, 0.05) is 6.16 Å². The third kappa shape index (κ3) is 2.92. The molecule has 0 saturated heterocycles. The molecule has 4 nitrogen and oxygen atoms in total. The van der Waals surface area contributed by atoms with E-state index in [4.69, 9.17) is 5.26 Å². The second-order valence-corrected chi connectivity index (χ2v) is 5.32. The van der Waals surface area contributed by atoms with E-state index < -0.39 is 13.8 Å². The summed E-state index contributed by atoms with van der Waals surface area (Å²) in [5.41, 5.74) is 1.01. The zero-order valence-electron chi connectivity index (χ0n) is 8.79. The summed E-state index contributed by atoms with van der Waals surface area (Å²) in [4.78, 5) is 21.3. The molecule has 0 fully saturated rings. The van der Waals surface area contributed by atoms with E-state index in [1.165, 1.54) is 0 Å². The first-order chi connectivity index (χ1) is 7.98. The van der Waals surface area contributed by atoms with Gasteiger partial charge in [-0.25, -0.2) is 0 Å². The largest absolute Gasteiger partial charge is 0.810 e. The van der Waals surface area contributed by atoms with Crippen LogP contribution < -0.4 is 9.79 Å². The van der Waals surface area contributed by atoms with Crippen LogP contribution in [0.5, 0.6) is 0 Å². The number of nitrogens with zero attached hydrogens (tertiary/aromatic N) is 1. The SMILES string of the molecule is N#Cc1ccc2cc(CP(=O)([O-])[O-])ccc2c1. The zero-order valence-corrected chi connectivity index (χ0v) is 9.68. The molecule has 0 radical (unpaired) electrons. The van der Waals surface area contributed by atoms with Crippen molar-refractivity contribution in [3.05, 3.63) is 47.5 Å². The summed E-state index contributed by atoms with van der Waals surface area (Å²) in [6, 6.07) is 12.1. The van der Waals surface area contributed by atoms with Gasteiger partial charge in [0.05, 0.1) is 11.6 Å². The minimum Gasteiger partial charge on any atom is -0.810 e. The fourth-order valence-electron chi connectivity index (χ4n) is 1.69. The van der Waals surface area contributed by atoms with Crippen molar-refractivity contribution in [3.8, 4) is 6.07 Å². The highest BCUT2D eigenvalue weighted by atomic mass is 31.2. The van der Waals surface area contributed by atoms with E-state index in [2.05, 4.69) is 0 Å². The molecule has 17 heavy (non-hydrogen) atoms. The monoisotopic (exact) mass is 245 g/mol. The van der Waals surface area contributed by atoms with Crippen LogP contribution in [0, 0.1) is 11.3 Å². The molecule has 0 atom stereocenters. The van der Waals surface area contributed by atoms with Crippen molar-refractivity contribution >= 4 is 18.4 Å². The van der Waals surface area contributed by atoms with Crippen molar-refractivity contribution in [2.45, 2.75) is 6.16 Å². The molecule has 0 aliphatic rings. The Morgan fingerprint density at radius 2 is 1.76 bits per heavy atom. The van der Waals surface area contributed by atoms with Gasteiger partial charge in [0.25, 0.3) is 0 Å². The minimum atomic E-state index is -4.53. The summed E-state index contributed by atoms with van der Waals surface area (Å²) < 4.78 is 10.7. The van der Waals surface area contributed by atoms with E-state index in [9.17, 15) is 14.4 Å². The summed E-state index contributed by atoms with van der Waals surface area (Å²) >= 11 is 0. The van der Waals surface area contributed by atoms with E-state index in [0.717, 1.165) is 10.8 Å². The Hall–Kier alpha value is -1.66. The van der Waals surface area contributed by atoms with Crippen LogP contribution in [0.1, 0.15) is 11.1 Å². The van der Waals surface area contributed by atoms with E-state index >= 15 is 0 Å². The normalized spacial score (nSPS) is 11.4. The van der Waals surface area contributed by atoms with Gasteiger partial charge < -0.3 is 14.4 Å². The highest BCUT2D eigenvalue weighted by Gasteiger charge is 2.00. The molecule has 2 aromatic rings. The highest BCUT2D eigenvalue weighted by Crippen LogP contribution is 2.30. The number of benzene rings is 2. The summed E-state index contributed by atoms with van der Waals surface area (Å²) in [5, 5.41) is 10.4. The summed E-state index contributed by atoms with van der Waals surface area (Å²) in [7, 11) is -4.53. The molecule has 0 saturated carbocycles. The van der Waals surface area contributed by atoms with Crippen molar-refractivity contribution in [1.82, 2.24) is 0 Å². The van der Waals surface area contributed by atoms with Crippen molar-refractivity contribution < 1.29 is 14.4 Å². The number of hydrogen-bond acceptors (Lipinski definition) is 4. The minimum absolute atomic E-state index is 0.468. The van der Waals surface area contributed by atoms with Gasteiger partial charge in [-0.2, -0.15) is 5.26 Å². The molecule has 0 spiro atoms. The first-order valence-corrected chi connectivity index (χ1v) is 6.65. The summed E-state index contributed by atoms with van der Waals surface area (Å²) in [5.74, 6) is 0. The maximum absolute atomic E-state index is 10.7. The average Bonchev–Trinajstić information content (AvgIpc) is 2.26. The van der Waals surface area contributed by atoms with E-state index in [-0.39, 0.29) is 0 Å². The van der Waals surface area contributed by atoms with Crippen molar-refractivity contribution in [3.63, 3.8) is 0 Å². The van der Waals surface area contributed by atoms with Gasteiger partial charge in [0.2, 0.25) is 0 Å². The van der Waals surface area contributed by atoms with Gasteiger partial charge >= 0.3 is 0 Å². The molecule has 86 valence electrons. The van der Waals surface area contributed by atoms with Gasteiger partial charge in [-0.1, -0.05) is 31.9 Å². The Morgan fingerprint density at radius 3 is 2.41 bits per heavy atom. The lowest BCUT2D eigenvalue weighted by Gasteiger charge is -2.29. The van der Waals surface area contributed by atoms with Crippen LogP contribution in [-0.4, -0.2) is 0 Å². The molecule has 2 rings (SSSR count). The molecule has 0 amide bonds. The molecular weight excluding hydrogens is 237 g/mol. The molecular formula is C12H8NO3P-2. The summed E-state index contributed by atoms with van der Waals surface area (Å²) in [6.07, 6.45) is -0.483. The lowest BCUT2D eigenvalue weighted by atomic mass is 10.1. The molecule has 2 aromatic carbocycles. The smallest absolute Gasteiger partial charge is 0.0991 e. The van der Waals surface area contributed by atoms with E-state index in [1.54, 1.807) is 36.4 Å². The fourth-order valence-corrected chi connectivity index (χ4v) is 2.33. The van der Waals surface area contributed by atoms with Crippen LogP contribution in [0.3, 0.4) is 0 Å². The number of rotatable bonds is 2. The number of fused-ring (bicyclic) bond motifs is 1. The maximum Gasteiger partial charge on any atom is 0.0991 e. The fraction of sp³-hybridized carbons (Fsp3) is 0.0833. The molecule has 0 bridgehead atoms. The Labute approximate surface area is 98.3 Å². The quantitative estimate of drug-likeness (QED) is 0.742. The van der Waals surface area contributed by atoms with Crippen LogP contribution in [0.15, 0.2) is 36.4 Å². The lowest BCUT2D eigenvalue weighted by molar-refractivity contribution is -0.314.